The first-order valence-electron chi connectivity index (χ1n) is 11.0. The molecule has 0 unspecified atom stereocenters. The summed E-state index contributed by atoms with van der Waals surface area (Å²) in [5.41, 5.74) is 10.6. The van der Waals surface area contributed by atoms with E-state index < -0.39 is 0 Å². The number of benzene rings is 1. The van der Waals surface area contributed by atoms with Crippen molar-refractivity contribution in [3.8, 4) is 5.69 Å². The van der Waals surface area contributed by atoms with Gasteiger partial charge in [-0.2, -0.15) is 5.10 Å². The summed E-state index contributed by atoms with van der Waals surface area (Å²) in [6.45, 7) is 7.96. The van der Waals surface area contributed by atoms with Crippen LogP contribution < -0.4 is 15.5 Å². The molecule has 1 aromatic carbocycles. The Bertz CT molecular complexity index is 901. The van der Waals surface area contributed by atoms with Gasteiger partial charge in [-0.1, -0.05) is 0 Å². The number of anilines is 2. The van der Waals surface area contributed by atoms with E-state index in [2.05, 4.69) is 34.3 Å². The fraction of sp³-hybridized carbons (Fsp3) is 0.522. The molecular formula is C23H34N6O2. The molecule has 1 aromatic heterocycles. The Balaban J connectivity index is 1.80. The third kappa shape index (κ3) is 5.64. The summed E-state index contributed by atoms with van der Waals surface area (Å²) in [6, 6.07) is 8.36. The summed E-state index contributed by atoms with van der Waals surface area (Å²) in [4.78, 5) is 29.7. The van der Waals surface area contributed by atoms with Gasteiger partial charge >= 0.3 is 0 Å². The van der Waals surface area contributed by atoms with Crippen LogP contribution in [-0.2, 0) is 9.59 Å². The molecule has 2 aromatic rings. The molecule has 2 heterocycles. The van der Waals surface area contributed by atoms with Crippen LogP contribution in [-0.4, -0.2) is 73.2 Å². The highest BCUT2D eigenvalue weighted by Gasteiger charge is 2.22. The van der Waals surface area contributed by atoms with Gasteiger partial charge in [0.1, 0.15) is 6.29 Å². The van der Waals surface area contributed by atoms with Crippen molar-refractivity contribution in [2.45, 2.75) is 33.1 Å². The van der Waals surface area contributed by atoms with Crippen molar-refractivity contribution in [3.05, 3.63) is 35.7 Å². The van der Waals surface area contributed by atoms with E-state index in [1.165, 1.54) is 0 Å². The first-order chi connectivity index (χ1) is 14.9. The van der Waals surface area contributed by atoms with Gasteiger partial charge in [0, 0.05) is 56.7 Å². The second-order valence-electron chi connectivity index (χ2n) is 8.21. The number of nitrogens with two attached hydrogens (primary N) is 1. The summed E-state index contributed by atoms with van der Waals surface area (Å²) in [7, 11) is 1.91. The lowest BCUT2D eigenvalue weighted by Gasteiger charge is -2.37. The second-order valence-corrected chi connectivity index (χ2v) is 8.21. The average molecular weight is 427 g/mol. The third-order valence-electron chi connectivity index (χ3n) is 5.77. The molecule has 0 radical (unpaired) electrons. The average Bonchev–Trinajstić information content (AvgIpc) is 3.11. The van der Waals surface area contributed by atoms with Gasteiger partial charge in [-0.3, -0.25) is 4.79 Å². The summed E-state index contributed by atoms with van der Waals surface area (Å²) in [6.07, 6.45) is 3.23. The van der Waals surface area contributed by atoms with Crippen LogP contribution in [0, 0.1) is 13.8 Å². The Labute approximate surface area is 184 Å². The highest BCUT2D eigenvalue weighted by molar-refractivity contribution is 5.76. The standard InChI is InChI=1S/C23H34N6O2/c1-18-14-19(2)29(25-18)22-16-20(26(3)12-13-30)15-21(17-22)27-8-10-28(11-9-27)23(31)6-4-5-7-24/h13-17H,4-12,24H2,1-3H3. The van der Waals surface area contributed by atoms with Crippen molar-refractivity contribution in [3.63, 3.8) is 0 Å². The second kappa shape index (κ2) is 10.4. The van der Waals surface area contributed by atoms with E-state index in [0.29, 0.717) is 32.6 Å². The highest BCUT2D eigenvalue weighted by atomic mass is 16.2. The molecule has 1 aliphatic heterocycles. The predicted octanol–water partition coefficient (Wildman–Crippen LogP) is 1.90. The Morgan fingerprint density at radius 2 is 1.81 bits per heavy atom. The van der Waals surface area contributed by atoms with Crippen LogP contribution in [0.5, 0.6) is 0 Å². The lowest BCUT2D eigenvalue weighted by molar-refractivity contribution is -0.131. The molecule has 168 valence electrons. The van der Waals surface area contributed by atoms with Crippen molar-refractivity contribution in [1.29, 1.82) is 0 Å². The molecule has 31 heavy (non-hydrogen) atoms. The number of hydrogen-bond donors (Lipinski definition) is 1. The summed E-state index contributed by atoms with van der Waals surface area (Å²) in [5, 5.41) is 4.63. The Kier molecular flexibility index (Phi) is 7.68. The molecule has 8 heteroatoms. The van der Waals surface area contributed by atoms with Gasteiger partial charge in [0.15, 0.2) is 0 Å². The van der Waals surface area contributed by atoms with Gasteiger partial charge in [0.25, 0.3) is 0 Å². The number of aromatic nitrogens is 2. The highest BCUT2D eigenvalue weighted by Crippen LogP contribution is 2.28. The van der Waals surface area contributed by atoms with E-state index in [0.717, 1.165) is 60.7 Å². The van der Waals surface area contributed by atoms with E-state index in [-0.39, 0.29) is 5.91 Å². The number of aryl methyl sites for hydroxylation is 2. The third-order valence-corrected chi connectivity index (χ3v) is 5.77. The predicted molar refractivity (Wildman–Crippen MR) is 124 cm³/mol. The molecule has 0 spiro atoms. The van der Waals surface area contributed by atoms with Gasteiger partial charge in [-0.25, -0.2) is 4.68 Å². The first-order valence-corrected chi connectivity index (χ1v) is 11.0. The van der Waals surface area contributed by atoms with E-state index in [1.54, 1.807) is 0 Å². The van der Waals surface area contributed by atoms with Crippen LogP contribution >= 0.6 is 0 Å². The maximum Gasteiger partial charge on any atom is 0.222 e. The maximum absolute atomic E-state index is 12.4. The Hall–Kier alpha value is -2.87. The van der Waals surface area contributed by atoms with Crippen molar-refractivity contribution in [1.82, 2.24) is 14.7 Å². The van der Waals surface area contributed by atoms with Crippen molar-refractivity contribution in [2.75, 3.05) is 56.1 Å². The molecule has 0 aliphatic carbocycles. The van der Waals surface area contributed by atoms with Crippen LogP contribution in [0.25, 0.3) is 5.69 Å². The fourth-order valence-corrected chi connectivity index (χ4v) is 4.01. The molecule has 8 nitrogen and oxygen atoms in total. The summed E-state index contributed by atoms with van der Waals surface area (Å²) < 4.78 is 1.94. The fourth-order valence-electron chi connectivity index (χ4n) is 4.01. The number of carbonyl (C=O) groups is 2. The van der Waals surface area contributed by atoms with Crippen LogP contribution in [0.1, 0.15) is 30.7 Å². The van der Waals surface area contributed by atoms with Gasteiger partial charge in [0.2, 0.25) is 5.91 Å². The maximum atomic E-state index is 12.4. The largest absolute Gasteiger partial charge is 0.368 e. The number of nitrogens with zero attached hydrogens (tertiary/aromatic N) is 5. The molecule has 3 rings (SSSR count). The van der Waals surface area contributed by atoms with Crippen molar-refractivity contribution in [2.24, 2.45) is 5.73 Å². The van der Waals surface area contributed by atoms with Crippen molar-refractivity contribution < 1.29 is 9.59 Å². The minimum atomic E-state index is 0.218. The van der Waals surface area contributed by atoms with Crippen LogP contribution in [0.2, 0.25) is 0 Å². The number of amides is 1. The topological polar surface area (TPSA) is 87.7 Å². The number of carbonyl (C=O) groups excluding carboxylic acids is 2. The molecule has 2 N–H and O–H groups in total. The number of likely N-dealkylation sites (N-methyl/N-ethyl adjacent to an activating group) is 1. The van der Waals surface area contributed by atoms with Crippen LogP contribution in [0.4, 0.5) is 11.4 Å². The number of piperazine rings is 1. The smallest absolute Gasteiger partial charge is 0.222 e. The number of unbranched alkanes of at least 4 members (excludes halogenated alkanes) is 1. The summed E-state index contributed by atoms with van der Waals surface area (Å²) >= 11 is 0. The van der Waals surface area contributed by atoms with E-state index >= 15 is 0 Å². The molecule has 1 aliphatic rings. The molecule has 0 saturated carbocycles. The van der Waals surface area contributed by atoms with Gasteiger partial charge < -0.3 is 25.2 Å². The molecule has 1 saturated heterocycles. The monoisotopic (exact) mass is 426 g/mol. The summed E-state index contributed by atoms with van der Waals surface area (Å²) in [5.74, 6) is 0.218. The molecule has 0 bridgehead atoms. The van der Waals surface area contributed by atoms with Crippen LogP contribution in [0.15, 0.2) is 24.3 Å². The van der Waals surface area contributed by atoms with Gasteiger partial charge in [0.05, 0.1) is 17.9 Å². The zero-order chi connectivity index (χ0) is 22.4. The van der Waals surface area contributed by atoms with E-state index in [9.17, 15) is 9.59 Å². The molecule has 0 atom stereocenters. The van der Waals surface area contributed by atoms with Gasteiger partial charge in [-0.05, 0) is 57.5 Å². The quantitative estimate of drug-likeness (QED) is 0.487. The Morgan fingerprint density at radius 1 is 1.10 bits per heavy atom. The minimum absolute atomic E-state index is 0.218. The normalized spacial score (nSPS) is 14.1. The molecule has 1 amide bonds. The van der Waals surface area contributed by atoms with Crippen molar-refractivity contribution >= 4 is 23.6 Å². The first kappa shape index (κ1) is 22.8. The Morgan fingerprint density at radius 3 is 2.42 bits per heavy atom. The lowest BCUT2D eigenvalue weighted by Crippen LogP contribution is -2.48. The zero-order valence-corrected chi connectivity index (χ0v) is 18.9. The molecular weight excluding hydrogens is 392 g/mol. The number of hydrogen-bond acceptors (Lipinski definition) is 6. The van der Waals surface area contributed by atoms with Gasteiger partial charge in [-0.15, -0.1) is 0 Å². The lowest BCUT2D eigenvalue weighted by atomic mass is 10.1. The minimum Gasteiger partial charge on any atom is -0.368 e. The SMILES string of the molecule is Cc1cc(C)n(-c2cc(N(C)CC=O)cc(N3CCN(C(=O)CCCCN)CC3)c2)n1. The van der Waals surface area contributed by atoms with Crippen LogP contribution in [0.3, 0.4) is 0 Å². The number of aldehydes is 1. The molecule has 1 fully saturated rings. The van der Waals surface area contributed by atoms with E-state index in [1.807, 2.05) is 35.4 Å². The van der Waals surface area contributed by atoms with E-state index in [4.69, 9.17) is 5.73 Å². The number of rotatable bonds is 9. The zero-order valence-electron chi connectivity index (χ0n) is 18.9.